The van der Waals surface area contributed by atoms with Gasteiger partial charge in [-0.05, 0) is 5.56 Å². The van der Waals surface area contributed by atoms with Crippen LogP contribution in [0.3, 0.4) is 0 Å². The van der Waals surface area contributed by atoms with Crippen LogP contribution >= 0.6 is 8.38 Å². The van der Waals surface area contributed by atoms with E-state index in [0.717, 1.165) is 5.56 Å². The molecule has 0 radical (unpaired) electrons. The summed E-state index contributed by atoms with van der Waals surface area (Å²) in [6, 6.07) is 9.17. The molecule has 0 saturated heterocycles. The van der Waals surface area contributed by atoms with Gasteiger partial charge in [0.2, 0.25) is 5.91 Å². The van der Waals surface area contributed by atoms with Gasteiger partial charge in [-0.2, -0.15) is 0 Å². The van der Waals surface area contributed by atoms with E-state index in [0.29, 0.717) is 0 Å². The fraction of sp³-hybridized carbons (Fsp3) is 0.333. The smallest absolute Gasteiger partial charge is 0.407 e. The second-order valence-corrected chi connectivity index (χ2v) is 5.05. The van der Waals surface area contributed by atoms with Gasteiger partial charge in [-0.25, -0.2) is 4.79 Å². The predicted octanol–water partition coefficient (Wildman–Crippen LogP) is 0.326. The molecule has 1 aromatic carbocycles. The monoisotopic (exact) mass is 300 g/mol. The maximum absolute atomic E-state index is 11.3. The Morgan fingerprint density at radius 3 is 2.50 bits per heavy atom. The summed E-state index contributed by atoms with van der Waals surface area (Å²) in [5.74, 6) is -0.418. The summed E-state index contributed by atoms with van der Waals surface area (Å²) >= 11 is 0. The first kappa shape index (κ1) is 16.4. The number of ether oxygens (including phenoxy) is 1. The fourth-order valence-corrected chi connectivity index (χ4v) is 1.60. The Bertz CT molecular complexity index is 427. The zero-order valence-electron chi connectivity index (χ0n) is 10.8. The van der Waals surface area contributed by atoms with E-state index in [1.807, 2.05) is 30.3 Å². The Morgan fingerprint density at radius 2 is 1.85 bits per heavy atom. The molecule has 1 rings (SSSR count). The molecule has 7 nitrogen and oxygen atoms in total. The molecule has 0 spiro atoms. The summed E-state index contributed by atoms with van der Waals surface area (Å²) in [5.41, 5.74) is 0.853. The summed E-state index contributed by atoms with van der Waals surface area (Å²) in [6.07, 6.45) is -0.588. The van der Waals surface area contributed by atoms with E-state index in [-0.39, 0.29) is 25.9 Å². The molecule has 0 atom stereocenters. The van der Waals surface area contributed by atoms with Crippen LogP contribution in [0.5, 0.6) is 0 Å². The van der Waals surface area contributed by atoms with E-state index in [2.05, 4.69) is 10.6 Å². The SMILES string of the molecule is O=C(CNC(=O)OCc1ccccc1)NCCP(O)O. The van der Waals surface area contributed by atoms with Crippen LogP contribution in [0.15, 0.2) is 30.3 Å². The molecule has 0 saturated carbocycles. The number of amides is 2. The number of rotatable bonds is 7. The third-order valence-corrected chi connectivity index (χ3v) is 2.86. The van der Waals surface area contributed by atoms with Crippen molar-refractivity contribution in [2.45, 2.75) is 6.61 Å². The van der Waals surface area contributed by atoms with Crippen LogP contribution in [0.2, 0.25) is 0 Å². The van der Waals surface area contributed by atoms with Crippen molar-refractivity contribution in [2.75, 3.05) is 19.3 Å². The van der Waals surface area contributed by atoms with Gasteiger partial charge < -0.3 is 25.2 Å². The molecular formula is C12H17N2O5P. The predicted molar refractivity (Wildman–Crippen MR) is 73.9 cm³/mol. The summed E-state index contributed by atoms with van der Waals surface area (Å²) in [5, 5.41) is 4.73. The van der Waals surface area contributed by atoms with Crippen LogP contribution in [-0.4, -0.2) is 41.0 Å². The summed E-state index contributed by atoms with van der Waals surface area (Å²) in [4.78, 5) is 39.9. The van der Waals surface area contributed by atoms with E-state index >= 15 is 0 Å². The van der Waals surface area contributed by atoms with Gasteiger partial charge in [0.25, 0.3) is 0 Å². The quantitative estimate of drug-likeness (QED) is 0.543. The highest BCUT2D eigenvalue weighted by Crippen LogP contribution is 2.20. The van der Waals surface area contributed by atoms with E-state index in [1.165, 1.54) is 0 Å². The van der Waals surface area contributed by atoms with Gasteiger partial charge in [-0.3, -0.25) is 4.79 Å². The topological polar surface area (TPSA) is 108 Å². The molecule has 2 amide bonds. The minimum absolute atomic E-state index is 0.0968. The minimum Gasteiger partial charge on any atom is -0.445 e. The first-order chi connectivity index (χ1) is 9.58. The Balaban J connectivity index is 2.12. The zero-order chi connectivity index (χ0) is 14.8. The second-order valence-electron chi connectivity index (χ2n) is 3.86. The molecule has 0 aliphatic heterocycles. The van der Waals surface area contributed by atoms with Crippen molar-refractivity contribution in [3.8, 4) is 0 Å². The van der Waals surface area contributed by atoms with Gasteiger partial charge in [-0.1, -0.05) is 30.3 Å². The van der Waals surface area contributed by atoms with Gasteiger partial charge in [0.1, 0.15) is 6.61 Å². The van der Waals surface area contributed by atoms with E-state index < -0.39 is 20.4 Å². The van der Waals surface area contributed by atoms with E-state index in [9.17, 15) is 9.59 Å². The molecule has 0 unspecified atom stereocenters. The molecule has 8 heteroatoms. The van der Waals surface area contributed by atoms with Crippen molar-refractivity contribution >= 4 is 20.4 Å². The van der Waals surface area contributed by atoms with E-state index in [4.69, 9.17) is 14.5 Å². The third kappa shape index (κ3) is 7.68. The van der Waals surface area contributed by atoms with E-state index in [1.54, 1.807) is 0 Å². The van der Waals surface area contributed by atoms with Crippen LogP contribution in [0.4, 0.5) is 4.79 Å². The molecule has 0 aromatic heterocycles. The number of alkyl carbamates (subject to hydrolysis) is 1. The standard InChI is InChI=1S/C12H17N2O5P/c15-11(13-6-7-20(17)18)8-14-12(16)19-9-10-4-2-1-3-5-10/h1-5,17-18H,6-9H2,(H,13,15)(H,14,16). The molecule has 0 heterocycles. The largest absolute Gasteiger partial charge is 0.445 e. The lowest BCUT2D eigenvalue weighted by Crippen LogP contribution is -2.38. The first-order valence-electron chi connectivity index (χ1n) is 5.94. The van der Waals surface area contributed by atoms with Crippen LogP contribution < -0.4 is 10.6 Å². The number of hydrogen-bond donors (Lipinski definition) is 4. The number of carbonyl (C=O) groups excluding carboxylic acids is 2. The summed E-state index contributed by atoms with van der Waals surface area (Å²) in [7, 11) is -2.01. The molecule has 0 bridgehead atoms. The van der Waals surface area contributed by atoms with Crippen LogP contribution in [0, 0.1) is 0 Å². The first-order valence-corrected chi connectivity index (χ1v) is 7.37. The highest BCUT2D eigenvalue weighted by Gasteiger charge is 2.07. The molecular weight excluding hydrogens is 283 g/mol. The van der Waals surface area contributed by atoms with Crippen molar-refractivity contribution < 1.29 is 24.1 Å². The molecule has 20 heavy (non-hydrogen) atoms. The van der Waals surface area contributed by atoms with Crippen molar-refractivity contribution in [1.29, 1.82) is 0 Å². The maximum atomic E-state index is 11.3. The maximum Gasteiger partial charge on any atom is 0.407 e. The molecule has 1 aromatic rings. The second kappa shape index (κ2) is 9.25. The lowest BCUT2D eigenvalue weighted by Gasteiger charge is -2.08. The molecule has 0 aliphatic carbocycles. The van der Waals surface area contributed by atoms with Gasteiger partial charge >= 0.3 is 6.09 Å². The van der Waals surface area contributed by atoms with Crippen LogP contribution in [0.25, 0.3) is 0 Å². The lowest BCUT2D eigenvalue weighted by molar-refractivity contribution is -0.120. The van der Waals surface area contributed by atoms with Gasteiger partial charge in [-0.15, -0.1) is 0 Å². The highest BCUT2D eigenvalue weighted by molar-refractivity contribution is 7.45. The Labute approximate surface area is 117 Å². The summed E-state index contributed by atoms with van der Waals surface area (Å²) in [6.45, 7) is 0.0638. The minimum atomic E-state index is -2.01. The molecule has 0 aliphatic rings. The fourth-order valence-electron chi connectivity index (χ4n) is 1.28. The number of hydrogen-bond acceptors (Lipinski definition) is 5. The Hall–Kier alpha value is -1.69. The average Bonchev–Trinajstić information content (AvgIpc) is 2.43. The van der Waals surface area contributed by atoms with Crippen molar-refractivity contribution in [2.24, 2.45) is 0 Å². The zero-order valence-corrected chi connectivity index (χ0v) is 11.7. The third-order valence-electron chi connectivity index (χ3n) is 2.24. The van der Waals surface area contributed by atoms with Crippen molar-refractivity contribution in [1.82, 2.24) is 10.6 Å². The Morgan fingerprint density at radius 1 is 1.15 bits per heavy atom. The molecule has 0 fully saturated rings. The van der Waals surface area contributed by atoms with Crippen molar-refractivity contribution in [3.63, 3.8) is 0 Å². The summed E-state index contributed by atoms with van der Waals surface area (Å²) < 4.78 is 4.91. The average molecular weight is 300 g/mol. The van der Waals surface area contributed by atoms with Gasteiger partial charge in [0, 0.05) is 12.7 Å². The molecule has 110 valence electrons. The van der Waals surface area contributed by atoms with Crippen LogP contribution in [-0.2, 0) is 16.1 Å². The number of benzene rings is 1. The van der Waals surface area contributed by atoms with Crippen molar-refractivity contribution in [3.05, 3.63) is 35.9 Å². The van der Waals surface area contributed by atoms with Crippen LogP contribution in [0.1, 0.15) is 5.56 Å². The lowest BCUT2D eigenvalue weighted by atomic mass is 10.2. The normalized spacial score (nSPS) is 10.2. The highest BCUT2D eigenvalue weighted by atomic mass is 31.2. The van der Waals surface area contributed by atoms with Gasteiger partial charge in [0.05, 0.1) is 6.54 Å². The number of carbonyl (C=O) groups is 2. The van der Waals surface area contributed by atoms with Gasteiger partial charge in [0.15, 0.2) is 8.38 Å². The number of nitrogens with one attached hydrogen (secondary N) is 2. The Kier molecular flexibility index (Phi) is 7.57. The molecule has 4 N–H and O–H groups in total.